The molecule has 1 fully saturated rings. The Morgan fingerprint density at radius 1 is 1.14 bits per heavy atom. The van der Waals surface area contributed by atoms with Gasteiger partial charge < -0.3 is 25.3 Å². The molecule has 1 amide bonds. The maximum absolute atomic E-state index is 14.5. The van der Waals surface area contributed by atoms with Crippen LogP contribution >= 0.6 is 12.4 Å². The van der Waals surface area contributed by atoms with E-state index in [4.69, 9.17) is 19.9 Å². The molecule has 0 spiro atoms. The Hall–Kier alpha value is -2.35. The molecule has 3 rings (SSSR count). The zero-order chi connectivity index (χ0) is 19.4. The number of halogens is 2. The molecule has 2 aromatic rings. The molecule has 28 heavy (non-hydrogen) atoms. The fourth-order valence-corrected chi connectivity index (χ4v) is 2.86. The summed E-state index contributed by atoms with van der Waals surface area (Å²) < 4.78 is 30.6. The van der Waals surface area contributed by atoms with Crippen LogP contribution in [0, 0.1) is 12.7 Å². The summed E-state index contributed by atoms with van der Waals surface area (Å²) in [4.78, 5) is 12.4. The summed E-state index contributed by atoms with van der Waals surface area (Å²) in [7, 11) is 1.52. The molecular weight excluding hydrogens is 387 g/mol. The van der Waals surface area contributed by atoms with Gasteiger partial charge in [-0.2, -0.15) is 0 Å². The molecule has 3 N–H and O–H groups in total. The molecule has 0 unspecified atom stereocenters. The number of benzene rings is 2. The zero-order valence-electron chi connectivity index (χ0n) is 15.8. The minimum Gasteiger partial charge on any atom is -0.493 e. The van der Waals surface area contributed by atoms with Gasteiger partial charge >= 0.3 is 0 Å². The quantitative estimate of drug-likeness (QED) is 0.783. The number of nitrogens with two attached hydrogens (primary N) is 1. The monoisotopic (exact) mass is 410 g/mol. The van der Waals surface area contributed by atoms with E-state index in [2.05, 4.69) is 5.32 Å². The highest BCUT2D eigenvalue weighted by molar-refractivity contribution is 5.98. The van der Waals surface area contributed by atoms with Crippen molar-refractivity contribution in [2.45, 2.75) is 25.3 Å². The summed E-state index contributed by atoms with van der Waals surface area (Å²) in [5, 5.41) is 2.67. The number of hydrogen-bond acceptors (Lipinski definition) is 5. The van der Waals surface area contributed by atoms with Crippen molar-refractivity contribution in [1.29, 1.82) is 0 Å². The largest absolute Gasteiger partial charge is 0.493 e. The van der Waals surface area contributed by atoms with E-state index < -0.39 is 11.4 Å². The maximum Gasteiger partial charge on any atom is 0.244 e. The van der Waals surface area contributed by atoms with E-state index in [0.29, 0.717) is 43.2 Å². The lowest BCUT2D eigenvalue weighted by Gasteiger charge is -2.31. The van der Waals surface area contributed by atoms with Crippen molar-refractivity contribution in [3.05, 3.63) is 47.8 Å². The van der Waals surface area contributed by atoms with E-state index in [0.717, 1.165) is 5.56 Å². The van der Waals surface area contributed by atoms with Gasteiger partial charge in [-0.1, -0.05) is 6.07 Å². The highest BCUT2D eigenvalue weighted by atomic mass is 35.5. The summed E-state index contributed by atoms with van der Waals surface area (Å²) in [6.45, 7) is 2.79. The molecule has 1 aliphatic heterocycles. The molecule has 2 aromatic carbocycles. The van der Waals surface area contributed by atoms with Crippen LogP contribution in [0.4, 0.5) is 10.1 Å². The first-order valence-electron chi connectivity index (χ1n) is 8.71. The fourth-order valence-electron chi connectivity index (χ4n) is 2.86. The van der Waals surface area contributed by atoms with Crippen LogP contribution in [0.2, 0.25) is 0 Å². The van der Waals surface area contributed by atoms with Crippen molar-refractivity contribution in [3.63, 3.8) is 0 Å². The van der Waals surface area contributed by atoms with Crippen molar-refractivity contribution < 1.29 is 23.4 Å². The molecule has 8 heteroatoms. The van der Waals surface area contributed by atoms with Gasteiger partial charge in [-0.25, -0.2) is 4.39 Å². The first kappa shape index (κ1) is 21.9. The van der Waals surface area contributed by atoms with Gasteiger partial charge in [0.2, 0.25) is 5.91 Å². The first-order chi connectivity index (χ1) is 12.9. The van der Waals surface area contributed by atoms with Crippen molar-refractivity contribution >= 4 is 24.0 Å². The third-order valence-corrected chi connectivity index (χ3v) is 4.57. The molecule has 0 bridgehead atoms. The number of anilines is 1. The summed E-state index contributed by atoms with van der Waals surface area (Å²) in [5.41, 5.74) is 6.46. The number of amides is 1. The van der Waals surface area contributed by atoms with Gasteiger partial charge in [0.15, 0.2) is 23.1 Å². The van der Waals surface area contributed by atoms with E-state index in [1.54, 1.807) is 18.2 Å². The molecule has 0 radical (unpaired) electrons. The second-order valence-electron chi connectivity index (χ2n) is 6.62. The lowest BCUT2D eigenvalue weighted by molar-refractivity contribution is -0.124. The molecular formula is C20H24ClFN2O4. The van der Waals surface area contributed by atoms with Crippen molar-refractivity contribution in [2.24, 2.45) is 5.73 Å². The smallest absolute Gasteiger partial charge is 0.244 e. The Balaban J connectivity index is 0.00000280. The molecule has 0 aliphatic carbocycles. The number of ether oxygens (including phenoxy) is 3. The number of methoxy groups -OCH3 is 1. The second kappa shape index (κ2) is 9.23. The second-order valence-corrected chi connectivity index (χ2v) is 6.62. The molecule has 0 atom stereocenters. The molecule has 6 nitrogen and oxygen atoms in total. The Morgan fingerprint density at radius 3 is 2.46 bits per heavy atom. The van der Waals surface area contributed by atoms with Crippen molar-refractivity contribution in [1.82, 2.24) is 0 Å². The number of carbonyl (C=O) groups excluding carboxylic acids is 1. The average molecular weight is 411 g/mol. The molecule has 1 aliphatic rings. The minimum absolute atomic E-state index is 0. The van der Waals surface area contributed by atoms with Crippen LogP contribution in [0.25, 0.3) is 0 Å². The Labute approximate surface area is 169 Å². The third kappa shape index (κ3) is 4.92. The molecule has 152 valence electrons. The average Bonchev–Trinajstić information content (AvgIpc) is 2.65. The van der Waals surface area contributed by atoms with E-state index in [9.17, 15) is 9.18 Å². The molecule has 1 heterocycles. The van der Waals surface area contributed by atoms with Gasteiger partial charge in [0.05, 0.1) is 7.11 Å². The number of rotatable bonds is 5. The number of aryl methyl sites for hydroxylation is 1. The van der Waals surface area contributed by atoms with Crippen LogP contribution in [0.3, 0.4) is 0 Å². The Morgan fingerprint density at radius 2 is 1.82 bits per heavy atom. The predicted molar refractivity (Wildman–Crippen MR) is 107 cm³/mol. The van der Waals surface area contributed by atoms with Crippen LogP contribution < -0.4 is 20.5 Å². The van der Waals surface area contributed by atoms with Crippen LogP contribution in [0.1, 0.15) is 18.4 Å². The highest BCUT2D eigenvalue weighted by Crippen LogP contribution is 2.34. The lowest BCUT2D eigenvalue weighted by Crippen LogP contribution is -2.54. The van der Waals surface area contributed by atoms with Gasteiger partial charge in [0.25, 0.3) is 0 Å². The molecule has 0 saturated carbocycles. The SMILES string of the molecule is COc1cc(C)ccc1Oc1ccc(NC(=O)C2(N)CCOCC2)cc1F.Cl. The van der Waals surface area contributed by atoms with Gasteiger partial charge in [0, 0.05) is 25.0 Å². The summed E-state index contributed by atoms with van der Waals surface area (Å²) in [6, 6.07) is 9.59. The standard InChI is InChI=1S/C20H23FN2O4.ClH/c1-13-3-5-17(18(11-13)25-2)27-16-6-4-14(12-15(16)21)23-19(24)20(22)7-9-26-10-8-20;/h3-6,11-12H,7-10,22H2,1-2H3,(H,23,24);1H. The Kier molecular flexibility index (Phi) is 7.23. The van der Waals surface area contributed by atoms with Crippen LogP contribution in [0.15, 0.2) is 36.4 Å². The Bertz CT molecular complexity index is 841. The van der Waals surface area contributed by atoms with Crippen LogP contribution in [-0.4, -0.2) is 31.8 Å². The van der Waals surface area contributed by atoms with Gasteiger partial charge in [-0.05, 0) is 49.6 Å². The topological polar surface area (TPSA) is 82.8 Å². The lowest BCUT2D eigenvalue weighted by atomic mass is 9.90. The van der Waals surface area contributed by atoms with Crippen molar-refractivity contribution in [3.8, 4) is 17.2 Å². The van der Waals surface area contributed by atoms with Crippen LogP contribution in [-0.2, 0) is 9.53 Å². The van der Waals surface area contributed by atoms with E-state index in [-0.39, 0.29) is 24.1 Å². The number of carbonyl (C=O) groups is 1. The predicted octanol–water partition coefficient (Wildman–Crippen LogP) is 3.80. The first-order valence-corrected chi connectivity index (χ1v) is 8.71. The van der Waals surface area contributed by atoms with E-state index in [1.165, 1.54) is 19.2 Å². The molecule has 0 aromatic heterocycles. The molecule has 1 saturated heterocycles. The summed E-state index contributed by atoms with van der Waals surface area (Å²) >= 11 is 0. The van der Waals surface area contributed by atoms with Gasteiger partial charge in [0.1, 0.15) is 5.54 Å². The zero-order valence-corrected chi connectivity index (χ0v) is 16.6. The maximum atomic E-state index is 14.5. The summed E-state index contributed by atoms with van der Waals surface area (Å²) in [5.74, 6) is -0.00509. The van der Waals surface area contributed by atoms with Crippen molar-refractivity contribution in [2.75, 3.05) is 25.6 Å². The van der Waals surface area contributed by atoms with E-state index >= 15 is 0 Å². The number of nitrogens with one attached hydrogen (secondary N) is 1. The normalized spacial score (nSPS) is 15.3. The van der Waals surface area contributed by atoms with Crippen LogP contribution in [0.5, 0.6) is 17.2 Å². The third-order valence-electron chi connectivity index (χ3n) is 4.57. The van der Waals surface area contributed by atoms with Gasteiger partial charge in [-0.3, -0.25) is 4.79 Å². The van der Waals surface area contributed by atoms with E-state index in [1.807, 2.05) is 13.0 Å². The highest BCUT2D eigenvalue weighted by Gasteiger charge is 2.36. The minimum atomic E-state index is -1.00. The summed E-state index contributed by atoms with van der Waals surface area (Å²) in [6.07, 6.45) is 0.853. The fraction of sp³-hybridized carbons (Fsp3) is 0.350. The number of hydrogen-bond donors (Lipinski definition) is 2. The van der Waals surface area contributed by atoms with Gasteiger partial charge in [-0.15, -0.1) is 12.4 Å².